The molecule has 0 aliphatic rings. The lowest BCUT2D eigenvalue weighted by Crippen LogP contribution is -2.41. The number of nitrogens with zero attached hydrogens (tertiary/aromatic N) is 3. The Morgan fingerprint density at radius 3 is 2.47 bits per heavy atom. The van der Waals surface area contributed by atoms with Crippen LogP contribution in [0.1, 0.15) is 19.7 Å². The number of hydrogen-bond donors (Lipinski definition) is 1. The normalized spacial score (nSPS) is 12.6. The minimum Gasteiger partial charge on any atom is -0.334 e. The van der Waals surface area contributed by atoms with E-state index < -0.39 is 15.6 Å². The van der Waals surface area contributed by atoms with Gasteiger partial charge in [0.15, 0.2) is 5.82 Å². The van der Waals surface area contributed by atoms with Crippen molar-refractivity contribution in [3.8, 4) is 11.5 Å². The van der Waals surface area contributed by atoms with Gasteiger partial charge in [-0.05, 0) is 26.0 Å². The first-order valence-electron chi connectivity index (χ1n) is 5.51. The zero-order valence-electron chi connectivity index (χ0n) is 10.8. The standard InChI is InChI=1S/C11H14N4O3S/c1-11(2,15-19(3,16)17)10-13-9(18-14-10)8-4-6-12-7-5-8/h4-7,15H,1-3H3. The molecule has 0 saturated carbocycles. The van der Waals surface area contributed by atoms with Gasteiger partial charge in [-0.2, -0.15) is 4.98 Å². The summed E-state index contributed by atoms with van der Waals surface area (Å²) in [6.45, 7) is 3.32. The molecule has 7 nitrogen and oxygen atoms in total. The summed E-state index contributed by atoms with van der Waals surface area (Å²) in [5, 5.41) is 3.81. The lowest BCUT2D eigenvalue weighted by molar-refractivity contribution is 0.382. The molecule has 0 aliphatic heterocycles. The molecule has 0 unspecified atom stereocenters. The topological polar surface area (TPSA) is 98.0 Å². The van der Waals surface area contributed by atoms with E-state index in [0.29, 0.717) is 5.89 Å². The molecule has 1 N–H and O–H groups in total. The molecule has 0 aromatic carbocycles. The molecule has 0 aliphatic carbocycles. The number of aromatic nitrogens is 3. The molecular formula is C11H14N4O3S. The number of sulfonamides is 1. The van der Waals surface area contributed by atoms with Crippen molar-refractivity contribution in [2.45, 2.75) is 19.4 Å². The molecular weight excluding hydrogens is 268 g/mol. The minimum absolute atomic E-state index is 0.268. The molecule has 102 valence electrons. The Morgan fingerprint density at radius 1 is 1.26 bits per heavy atom. The molecule has 19 heavy (non-hydrogen) atoms. The largest absolute Gasteiger partial charge is 0.334 e. The maximum Gasteiger partial charge on any atom is 0.258 e. The van der Waals surface area contributed by atoms with Gasteiger partial charge >= 0.3 is 0 Å². The smallest absolute Gasteiger partial charge is 0.258 e. The number of nitrogens with one attached hydrogen (secondary N) is 1. The highest BCUT2D eigenvalue weighted by atomic mass is 32.2. The van der Waals surface area contributed by atoms with Gasteiger partial charge in [0.2, 0.25) is 10.0 Å². The summed E-state index contributed by atoms with van der Waals surface area (Å²) in [5.41, 5.74) is -0.216. The third-order valence-electron chi connectivity index (χ3n) is 2.35. The van der Waals surface area contributed by atoms with Crippen LogP contribution in [0.2, 0.25) is 0 Å². The summed E-state index contributed by atoms with van der Waals surface area (Å²) in [6, 6.07) is 3.46. The summed E-state index contributed by atoms with van der Waals surface area (Å²) in [7, 11) is -3.37. The second kappa shape index (κ2) is 4.71. The Bertz CT molecular complexity index is 664. The summed E-state index contributed by atoms with van der Waals surface area (Å²) in [5.74, 6) is 0.588. The van der Waals surface area contributed by atoms with Gasteiger partial charge in [-0.15, -0.1) is 0 Å². The van der Waals surface area contributed by atoms with E-state index in [-0.39, 0.29) is 5.82 Å². The molecule has 8 heteroatoms. The fourth-order valence-electron chi connectivity index (χ4n) is 1.60. The summed E-state index contributed by atoms with van der Waals surface area (Å²) < 4.78 is 30.2. The molecule has 0 fully saturated rings. The Balaban J connectivity index is 2.31. The van der Waals surface area contributed by atoms with Crippen molar-refractivity contribution in [3.63, 3.8) is 0 Å². The Hall–Kier alpha value is -1.80. The maximum absolute atomic E-state index is 11.3. The lowest BCUT2D eigenvalue weighted by Gasteiger charge is -2.20. The van der Waals surface area contributed by atoms with Crippen LogP contribution >= 0.6 is 0 Å². The van der Waals surface area contributed by atoms with Crippen LogP contribution in [0.5, 0.6) is 0 Å². The van der Waals surface area contributed by atoms with Crippen molar-refractivity contribution in [1.29, 1.82) is 0 Å². The van der Waals surface area contributed by atoms with E-state index in [9.17, 15) is 8.42 Å². The maximum atomic E-state index is 11.3. The highest BCUT2D eigenvalue weighted by Crippen LogP contribution is 2.22. The molecule has 2 rings (SSSR count). The van der Waals surface area contributed by atoms with Gasteiger partial charge in [-0.3, -0.25) is 4.98 Å². The molecule has 0 spiro atoms. The number of rotatable bonds is 4. The lowest BCUT2D eigenvalue weighted by atomic mass is 10.1. The van der Waals surface area contributed by atoms with Crippen LogP contribution in [0, 0.1) is 0 Å². The van der Waals surface area contributed by atoms with Crippen LogP contribution in [0.15, 0.2) is 29.0 Å². The first kappa shape index (κ1) is 13.6. The van der Waals surface area contributed by atoms with E-state index in [1.807, 2.05) is 0 Å². The molecule has 2 heterocycles. The average Bonchev–Trinajstić information content (AvgIpc) is 2.77. The van der Waals surface area contributed by atoms with Crippen molar-refractivity contribution in [2.24, 2.45) is 0 Å². The van der Waals surface area contributed by atoms with E-state index >= 15 is 0 Å². The van der Waals surface area contributed by atoms with Crippen molar-refractivity contribution < 1.29 is 12.9 Å². The summed E-state index contributed by atoms with van der Waals surface area (Å²) in [6.07, 6.45) is 4.30. The first-order valence-corrected chi connectivity index (χ1v) is 7.41. The van der Waals surface area contributed by atoms with E-state index in [1.54, 1.807) is 38.4 Å². The van der Waals surface area contributed by atoms with Crippen molar-refractivity contribution >= 4 is 10.0 Å². The van der Waals surface area contributed by atoms with Crippen LogP contribution in [0.25, 0.3) is 11.5 Å². The summed E-state index contributed by atoms with van der Waals surface area (Å²) in [4.78, 5) is 8.10. The Kier molecular flexibility index (Phi) is 3.38. The zero-order chi connectivity index (χ0) is 14.1. The number of hydrogen-bond acceptors (Lipinski definition) is 6. The average molecular weight is 282 g/mol. The van der Waals surface area contributed by atoms with Crippen molar-refractivity contribution in [2.75, 3.05) is 6.26 Å². The fourth-order valence-corrected chi connectivity index (χ4v) is 2.62. The van der Waals surface area contributed by atoms with Gasteiger partial charge in [-0.25, -0.2) is 13.1 Å². The highest BCUT2D eigenvalue weighted by molar-refractivity contribution is 7.88. The predicted molar refractivity (Wildman–Crippen MR) is 68.5 cm³/mol. The molecule has 0 bridgehead atoms. The van der Waals surface area contributed by atoms with Crippen molar-refractivity contribution in [1.82, 2.24) is 19.8 Å². The molecule has 0 amide bonds. The van der Waals surface area contributed by atoms with E-state index in [1.165, 1.54) is 0 Å². The Labute approximate surface area is 111 Å². The SMILES string of the molecule is CC(C)(NS(C)(=O)=O)c1noc(-c2ccncc2)n1. The summed E-state index contributed by atoms with van der Waals surface area (Å²) >= 11 is 0. The predicted octanol–water partition coefficient (Wildman–Crippen LogP) is 0.916. The van der Waals surface area contributed by atoms with Crippen LogP contribution in [-0.4, -0.2) is 29.8 Å². The molecule has 0 saturated heterocycles. The van der Waals surface area contributed by atoms with E-state index in [4.69, 9.17) is 4.52 Å². The van der Waals surface area contributed by atoms with Gasteiger partial charge < -0.3 is 4.52 Å². The van der Waals surface area contributed by atoms with Crippen molar-refractivity contribution in [3.05, 3.63) is 30.4 Å². The van der Waals surface area contributed by atoms with Gasteiger partial charge in [0, 0.05) is 18.0 Å². The quantitative estimate of drug-likeness (QED) is 0.895. The van der Waals surface area contributed by atoms with Crippen LogP contribution in [0.4, 0.5) is 0 Å². The van der Waals surface area contributed by atoms with Gasteiger partial charge in [0.1, 0.15) is 0 Å². The Morgan fingerprint density at radius 2 is 1.89 bits per heavy atom. The first-order chi connectivity index (χ1) is 8.78. The fraction of sp³-hybridized carbons (Fsp3) is 0.364. The molecule has 0 atom stereocenters. The minimum atomic E-state index is -3.37. The van der Waals surface area contributed by atoms with Crippen LogP contribution in [-0.2, 0) is 15.6 Å². The molecule has 0 radical (unpaired) electrons. The highest BCUT2D eigenvalue weighted by Gasteiger charge is 2.30. The molecule has 2 aromatic heterocycles. The van der Waals surface area contributed by atoms with E-state index in [2.05, 4.69) is 19.8 Å². The third kappa shape index (κ3) is 3.36. The van der Waals surface area contributed by atoms with Gasteiger partial charge in [0.25, 0.3) is 5.89 Å². The second-order valence-electron chi connectivity index (χ2n) is 4.66. The van der Waals surface area contributed by atoms with E-state index in [0.717, 1.165) is 11.8 Å². The monoisotopic (exact) mass is 282 g/mol. The van der Waals surface area contributed by atoms with Crippen LogP contribution < -0.4 is 4.72 Å². The van der Waals surface area contributed by atoms with Gasteiger partial charge in [0.05, 0.1) is 11.8 Å². The van der Waals surface area contributed by atoms with Gasteiger partial charge in [-0.1, -0.05) is 5.16 Å². The molecule has 2 aromatic rings. The zero-order valence-corrected chi connectivity index (χ0v) is 11.6. The van der Waals surface area contributed by atoms with Crippen LogP contribution in [0.3, 0.4) is 0 Å². The number of pyridine rings is 1. The second-order valence-corrected chi connectivity index (χ2v) is 6.41. The third-order valence-corrected chi connectivity index (χ3v) is 3.23.